The molecule has 0 saturated carbocycles. The number of carboxylic acids is 1. The average molecular weight is 491 g/mol. The van der Waals surface area contributed by atoms with E-state index in [-0.39, 0.29) is 0 Å². The summed E-state index contributed by atoms with van der Waals surface area (Å²) in [6.07, 6.45) is -1.56. The van der Waals surface area contributed by atoms with E-state index in [1.54, 1.807) is 12.1 Å². The quantitative estimate of drug-likeness (QED) is 0.449. The Morgan fingerprint density at radius 3 is 1.91 bits per heavy atom. The van der Waals surface area contributed by atoms with Crippen LogP contribution in [0, 0.1) is 17.6 Å². The number of halogens is 5. The molecule has 4 rings (SSSR count). The van der Waals surface area contributed by atoms with E-state index in [0.717, 1.165) is 47.9 Å². The van der Waals surface area contributed by atoms with Crippen molar-refractivity contribution in [3.05, 3.63) is 94.6 Å². The molecule has 0 atom stereocenters. The molecule has 0 saturated heterocycles. The summed E-state index contributed by atoms with van der Waals surface area (Å²) >= 11 is 0. The van der Waals surface area contributed by atoms with E-state index in [4.69, 9.17) is 15.6 Å². The summed E-state index contributed by atoms with van der Waals surface area (Å²) in [5, 5.41) is 7.12. The Kier molecular flexibility index (Phi) is 7.89. The van der Waals surface area contributed by atoms with Crippen LogP contribution in [0.5, 0.6) is 0 Å². The highest BCUT2D eigenvalue weighted by Gasteiger charge is 2.38. The number of carbonyl (C=O) groups excluding carboxylic acids is 1. The van der Waals surface area contributed by atoms with Gasteiger partial charge in [0.25, 0.3) is 0 Å². The average Bonchev–Trinajstić information content (AvgIpc) is 3.19. The summed E-state index contributed by atoms with van der Waals surface area (Å²) in [5.41, 5.74) is 10.9. The number of aliphatic carboxylic acids is 1. The first kappa shape index (κ1) is 25.9. The molecule has 35 heavy (non-hydrogen) atoms. The molecule has 0 spiro atoms. The Hall–Kier alpha value is -3.75. The second kappa shape index (κ2) is 10.7. The Balaban J connectivity index is 0.000000429. The maximum Gasteiger partial charge on any atom is 0.490 e. The number of benzene rings is 3. The van der Waals surface area contributed by atoms with E-state index < -0.39 is 29.7 Å². The largest absolute Gasteiger partial charge is 0.490 e. The van der Waals surface area contributed by atoms with Crippen LogP contribution in [0.2, 0.25) is 0 Å². The van der Waals surface area contributed by atoms with Crippen molar-refractivity contribution < 1.29 is 36.6 Å². The molecular formula is C26H22F5NO3. The van der Waals surface area contributed by atoms with Gasteiger partial charge in [0.1, 0.15) is 0 Å². The molecule has 3 N–H and O–H groups in total. The number of hydrogen-bond donors (Lipinski definition) is 2. The lowest BCUT2D eigenvalue weighted by molar-refractivity contribution is -0.192. The van der Waals surface area contributed by atoms with Gasteiger partial charge >= 0.3 is 12.1 Å². The van der Waals surface area contributed by atoms with Crippen molar-refractivity contribution in [2.75, 3.05) is 0 Å². The summed E-state index contributed by atoms with van der Waals surface area (Å²) in [4.78, 5) is 20.2. The number of alkyl halides is 3. The Labute approximate surface area is 198 Å². The van der Waals surface area contributed by atoms with Gasteiger partial charge < -0.3 is 10.8 Å². The van der Waals surface area contributed by atoms with E-state index in [0.29, 0.717) is 11.5 Å². The normalized spacial score (nSPS) is 13.1. The molecule has 9 heteroatoms. The van der Waals surface area contributed by atoms with Crippen LogP contribution < -0.4 is 5.73 Å². The van der Waals surface area contributed by atoms with Gasteiger partial charge in [-0.05, 0) is 83.7 Å². The molecular weight excluding hydrogens is 469 g/mol. The molecule has 0 aromatic heterocycles. The molecule has 184 valence electrons. The summed E-state index contributed by atoms with van der Waals surface area (Å²) in [6, 6.07) is 18.2. The molecule has 0 heterocycles. The highest BCUT2D eigenvalue weighted by molar-refractivity contribution is 5.94. The highest BCUT2D eigenvalue weighted by atomic mass is 19.4. The molecule has 1 aliphatic carbocycles. The number of amides is 1. The van der Waals surface area contributed by atoms with E-state index in [9.17, 15) is 26.7 Å². The summed E-state index contributed by atoms with van der Waals surface area (Å²) in [5.74, 6) is -4.28. The predicted molar refractivity (Wildman–Crippen MR) is 120 cm³/mol. The van der Waals surface area contributed by atoms with Crippen molar-refractivity contribution in [1.82, 2.24) is 0 Å². The fourth-order valence-electron chi connectivity index (χ4n) is 3.99. The first-order valence-corrected chi connectivity index (χ1v) is 10.7. The maximum absolute atomic E-state index is 13.4. The van der Waals surface area contributed by atoms with Crippen molar-refractivity contribution in [2.45, 2.75) is 31.9 Å². The minimum atomic E-state index is -5.08. The third-order valence-corrected chi connectivity index (χ3v) is 5.78. The highest BCUT2D eigenvalue weighted by Crippen LogP contribution is 2.31. The fraction of sp³-hybridized carbons (Fsp3) is 0.231. The van der Waals surface area contributed by atoms with Gasteiger partial charge in [0.15, 0.2) is 11.6 Å². The number of nitrogens with two attached hydrogens (primary N) is 1. The second-order valence-corrected chi connectivity index (χ2v) is 8.29. The van der Waals surface area contributed by atoms with Gasteiger partial charge in [-0.25, -0.2) is 13.6 Å². The van der Waals surface area contributed by atoms with Gasteiger partial charge in [-0.1, -0.05) is 36.4 Å². The predicted octanol–water partition coefficient (Wildman–Crippen LogP) is 5.71. The van der Waals surface area contributed by atoms with Crippen LogP contribution in [-0.2, 0) is 24.1 Å². The van der Waals surface area contributed by atoms with Crippen LogP contribution in [0.4, 0.5) is 22.0 Å². The minimum absolute atomic E-state index is 0.420. The molecule has 0 unspecified atom stereocenters. The smallest absolute Gasteiger partial charge is 0.475 e. The van der Waals surface area contributed by atoms with Crippen LogP contribution >= 0.6 is 0 Å². The van der Waals surface area contributed by atoms with E-state index in [2.05, 4.69) is 12.1 Å². The van der Waals surface area contributed by atoms with E-state index in [1.807, 2.05) is 24.3 Å². The first-order valence-electron chi connectivity index (χ1n) is 10.7. The van der Waals surface area contributed by atoms with Crippen molar-refractivity contribution >= 4 is 11.9 Å². The van der Waals surface area contributed by atoms with Gasteiger partial charge in [-0.15, -0.1) is 0 Å². The second-order valence-electron chi connectivity index (χ2n) is 8.29. The molecule has 0 fully saturated rings. The monoisotopic (exact) mass is 491 g/mol. The molecule has 0 bridgehead atoms. The number of rotatable bonds is 5. The fourth-order valence-corrected chi connectivity index (χ4v) is 3.99. The molecule has 0 radical (unpaired) electrons. The lowest BCUT2D eigenvalue weighted by atomic mass is 9.95. The van der Waals surface area contributed by atoms with E-state index in [1.165, 1.54) is 17.7 Å². The van der Waals surface area contributed by atoms with Crippen molar-refractivity contribution in [3.63, 3.8) is 0 Å². The third kappa shape index (κ3) is 6.88. The Morgan fingerprint density at radius 1 is 0.886 bits per heavy atom. The van der Waals surface area contributed by atoms with Crippen LogP contribution in [-0.4, -0.2) is 23.2 Å². The standard InChI is InChI=1S/C24H21F2NO.C2HF3O2/c25-22-13-20-10-16(11-21(20)14-23(22)26)5-4-15-6-8-17(9-7-15)18-2-1-3-19(12-18)24(27)28;3-2(4,5)1(6)7/h1-3,6-9,12-14,16H,4-5,10-11H2,(H2,27,28);(H,6,7). The van der Waals surface area contributed by atoms with Crippen molar-refractivity contribution in [2.24, 2.45) is 11.7 Å². The lowest BCUT2D eigenvalue weighted by Crippen LogP contribution is -2.21. The maximum atomic E-state index is 13.4. The van der Waals surface area contributed by atoms with E-state index >= 15 is 0 Å². The Morgan fingerprint density at radius 2 is 1.43 bits per heavy atom. The molecule has 1 aliphatic rings. The van der Waals surface area contributed by atoms with Gasteiger partial charge in [-0.3, -0.25) is 4.79 Å². The number of carboxylic acid groups (broad SMARTS) is 1. The van der Waals surface area contributed by atoms with Gasteiger partial charge in [-0.2, -0.15) is 13.2 Å². The lowest BCUT2D eigenvalue weighted by Gasteiger charge is -2.10. The van der Waals surface area contributed by atoms with Crippen molar-refractivity contribution in [1.29, 1.82) is 0 Å². The number of aryl methyl sites for hydroxylation is 1. The topological polar surface area (TPSA) is 80.4 Å². The minimum Gasteiger partial charge on any atom is -0.475 e. The van der Waals surface area contributed by atoms with Crippen LogP contribution in [0.25, 0.3) is 11.1 Å². The van der Waals surface area contributed by atoms with Gasteiger partial charge in [0.05, 0.1) is 0 Å². The third-order valence-electron chi connectivity index (χ3n) is 5.78. The van der Waals surface area contributed by atoms with Crippen LogP contribution in [0.1, 0.15) is 33.5 Å². The molecule has 3 aromatic carbocycles. The zero-order valence-electron chi connectivity index (χ0n) is 18.4. The van der Waals surface area contributed by atoms with Crippen LogP contribution in [0.3, 0.4) is 0 Å². The van der Waals surface area contributed by atoms with Crippen LogP contribution in [0.15, 0.2) is 60.7 Å². The zero-order valence-corrected chi connectivity index (χ0v) is 18.4. The summed E-state index contributed by atoms with van der Waals surface area (Å²) in [6.45, 7) is 0. The molecule has 4 nitrogen and oxygen atoms in total. The Bertz CT molecular complexity index is 1190. The number of primary amides is 1. The summed E-state index contributed by atoms with van der Waals surface area (Å²) in [7, 11) is 0. The van der Waals surface area contributed by atoms with Gasteiger partial charge in [0.2, 0.25) is 5.91 Å². The zero-order chi connectivity index (χ0) is 25.8. The number of hydrogen-bond acceptors (Lipinski definition) is 2. The number of carbonyl (C=O) groups is 2. The molecule has 3 aromatic rings. The number of fused-ring (bicyclic) bond motifs is 1. The first-order chi connectivity index (χ1) is 16.4. The van der Waals surface area contributed by atoms with Crippen molar-refractivity contribution in [3.8, 4) is 11.1 Å². The molecule has 1 amide bonds. The SMILES string of the molecule is NC(=O)c1cccc(-c2ccc(CCC3Cc4cc(F)c(F)cc4C3)cc2)c1.O=C(O)C(F)(F)F. The van der Waals surface area contributed by atoms with Gasteiger partial charge in [0, 0.05) is 5.56 Å². The summed E-state index contributed by atoms with van der Waals surface area (Å²) < 4.78 is 58.5. The molecule has 0 aliphatic heterocycles.